The molecule has 18 heavy (non-hydrogen) atoms. The van der Waals surface area contributed by atoms with E-state index in [-0.39, 0.29) is 6.04 Å². The lowest BCUT2D eigenvalue weighted by Crippen LogP contribution is -2.53. The number of carbonyl (C=O) groups is 1. The van der Waals surface area contributed by atoms with E-state index >= 15 is 0 Å². The van der Waals surface area contributed by atoms with Gasteiger partial charge in [0.15, 0.2) is 0 Å². The molecule has 0 aromatic heterocycles. The lowest BCUT2D eigenvalue weighted by atomic mass is 9.93. The van der Waals surface area contributed by atoms with Gasteiger partial charge in [0.05, 0.1) is 0 Å². The van der Waals surface area contributed by atoms with E-state index in [1.807, 2.05) is 6.92 Å². The van der Waals surface area contributed by atoms with Crippen LogP contribution in [-0.2, 0) is 4.79 Å². The van der Waals surface area contributed by atoms with Gasteiger partial charge in [-0.3, -0.25) is 4.79 Å². The van der Waals surface area contributed by atoms with Gasteiger partial charge in [0.1, 0.15) is 5.54 Å². The molecule has 0 aliphatic heterocycles. The van der Waals surface area contributed by atoms with Crippen molar-refractivity contribution in [2.45, 2.75) is 65.0 Å². The number of nitrogens with one attached hydrogen (secondary N) is 1. The Labute approximate surface area is 112 Å². The molecular formula is C14H30N2O2. The zero-order chi connectivity index (χ0) is 14.2. The van der Waals surface area contributed by atoms with Crippen LogP contribution >= 0.6 is 0 Å². The summed E-state index contributed by atoms with van der Waals surface area (Å²) in [6.45, 7) is 9.72. The molecule has 0 fully saturated rings. The summed E-state index contributed by atoms with van der Waals surface area (Å²) in [5.41, 5.74) is -0.826. The van der Waals surface area contributed by atoms with E-state index in [4.69, 9.17) is 0 Å². The molecule has 2 unspecified atom stereocenters. The van der Waals surface area contributed by atoms with Crippen molar-refractivity contribution in [2.75, 3.05) is 20.1 Å². The van der Waals surface area contributed by atoms with Crippen molar-refractivity contribution in [3.8, 4) is 0 Å². The van der Waals surface area contributed by atoms with Crippen LogP contribution in [0.3, 0.4) is 0 Å². The molecule has 0 saturated heterocycles. The van der Waals surface area contributed by atoms with Crippen molar-refractivity contribution in [3.63, 3.8) is 0 Å². The van der Waals surface area contributed by atoms with Crippen molar-refractivity contribution in [1.29, 1.82) is 0 Å². The maximum atomic E-state index is 11.3. The third-order valence-electron chi connectivity index (χ3n) is 3.61. The van der Waals surface area contributed by atoms with Gasteiger partial charge in [-0.2, -0.15) is 0 Å². The molecule has 4 nitrogen and oxygen atoms in total. The molecule has 108 valence electrons. The van der Waals surface area contributed by atoms with Crippen molar-refractivity contribution in [1.82, 2.24) is 10.2 Å². The maximum Gasteiger partial charge on any atom is 0.323 e. The number of hydrogen-bond donors (Lipinski definition) is 2. The fourth-order valence-electron chi connectivity index (χ4n) is 2.20. The highest BCUT2D eigenvalue weighted by Gasteiger charge is 2.34. The second-order valence-corrected chi connectivity index (χ2v) is 5.41. The molecule has 4 heteroatoms. The van der Waals surface area contributed by atoms with E-state index in [1.165, 1.54) is 19.3 Å². The van der Waals surface area contributed by atoms with Gasteiger partial charge in [0.25, 0.3) is 0 Å². The summed E-state index contributed by atoms with van der Waals surface area (Å²) in [7, 11) is 2.08. The molecule has 0 saturated carbocycles. The van der Waals surface area contributed by atoms with E-state index in [9.17, 15) is 9.90 Å². The standard InChI is InChI=1S/C14H30N2O2/c1-6-8-9-10-16(5)12(3)11-14(4,13(17)18)15-7-2/h12,15H,6-11H2,1-5H3,(H,17,18). The lowest BCUT2D eigenvalue weighted by molar-refractivity contribution is -0.145. The second-order valence-electron chi connectivity index (χ2n) is 5.41. The van der Waals surface area contributed by atoms with Gasteiger partial charge in [0, 0.05) is 6.04 Å². The molecule has 0 aliphatic rings. The smallest absolute Gasteiger partial charge is 0.323 e. The quantitative estimate of drug-likeness (QED) is 0.591. The number of likely N-dealkylation sites (N-methyl/N-ethyl adjacent to an activating group) is 1. The van der Waals surface area contributed by atoms with E-state index < -0.39 is 11.5 Å². The summed E-state index contributed by atoms with van der Waals surface area (Å²) < 4.78 is 0. The first-order chi connectivity index (χ1) is 8.37. The van der Waals surface area contributed by atoms with Crippen LogP contribution in [0.2, 0.25) is 0 Å². The molecule has 0 bridgehead atoms. The number of carboxylic acids is 1. The van der Waals surface area contributed by atoms with Crippen LogP contribution in [0.25, 0.3) is 0 Å². The fourth-order valence-corrected chi connectivity index (χ4v) is 2.20. The third-order valence-corrected chi connectivity index (χ3v) is 3.61. The summed E-state index contributed by atoms with van der Waals surface area (Å²) in [5, 5.41) is 12.4. The van der Waals surface area contributed by atoms with Gasteiger partial charge in [-0.1, -0.05) is 26.7 Å². The highest BCUT2D eigenvalue weighted by Crippen LogP contribution is 2.16. The van der Waals surface area contributed by atoms with Crippen molar-refractivity contribution >= 4 is 5.97 Å². The first-order valence-corrected chi connectivity index (χ1v) is 7.06. The monoisotopic (exact) mass is 258 g/mol. The second kappa shape index (κ2) is 8.48. The number of hydrogen-bond acceptors (Lipinski definition) is 3. The van der Waals surface area contributed by atoms with Crippen LogP contribution in [0.5, 0.6) is 0 Å². The van der Waals surface area contributed by atoms with E-state index in [0.717, 1.165) is 6.54 Å². The zero-order valence-corrected chi connectivity index (χ0v) is 12.6. The average molecular weight is 258 g/mol. The van der Waals surface area contributed by atoms with E-state index in [0.29, 0.717) is 13.0 Å². The molecule has 0 aliphatic carbocycles. The normalized spacial score (nSPS) is 16.6. The molecule has 0 radical (unpaired) electrons. The van der Waals surface area contributed by atoms with Crippen LogP contribution in [0.1, 0.15) is 53.4 Å². The van der Waals surface area contributed by atoms with Gasteiger partial charge in [0.2, 0.25) is 0 Å². The molecule has 2 atom stereocenters. The van der Waals surface area contributed by atoms with Crippen LogP contribution < -0.4 is 5.32 Å². The number of aliphatic carboxylic acids is 1. The molecule has 0 aromatic rings. The Bertz CT molecular complexity index is 246. The van der Waals surface area contributed by atoms with E-state index in [2.05, 4.69) is 31.1 Å². The average Bonchev–Trinajstić information content (AvgIpc) is 2.29. The minimum Gasteiger partial charge on any atom is -0.480 e. The number of carboxylic acid groups (broad SMARTS) is 1. The highest BCUT2D eigenvalue weighted by molar-refractivity contribution is 5.78. The Morgan fingerprint density at radius 1 is 1.39 bits per heavy atom. The van der Waals surface area contributed by atoms with Gasteiger partial charge in [-0.25, -0.2) is 0 Å². The van der Waals surface area contributed by atoms with Crippen molar-refractivity contribution < 1.29 is 9.90 Å². The number of rotatable bonds is 10. The van der Waals surface area contributed by atoms with Gasteiger partial charge >= 0.3 is 5.97 Å². The Morgan fingerprint density at radius 2 is 2.00 bits per heavy atom. The Hall–Kier alpha value is -0.610. The first-order valence-electron chi connectivity index (χ1n) is 7.06. The van der Waals surface area contributed by atoms with Crippen molar-refractivity contribution in [2.24, 2.45) is 0 Å². The molecule has 0 heterocycles. The Kier molecular flexibility index (Phi) is 8.20. The van der Waals surface area contributed by atoms with Crippen LogP contribution in [0.15, 0.2) is 0 Å². The maximum absolute atomic E-state index is 11.3. The fraction of sp³-hybridized carbons (Fsp3) is 0.929. The topological polar surface area (TPSA) is 52.6 Å². The lowest BCUT2D eigenvalue weighted by Gasteiger charge is -2.33. The predicted octanol–water partition coefficient (Wildman–Crippen LogP) is 2.34. The molecule has 0 aromatic carbocycles. The van der Waals surface area contributed by atoms with Gasteiger partial charge in [-0.15, -0.1) is 0 Å². The van der Waals surface area contributed by atoms with Crippen LogP contribution in [0.4, 0.5) is 0 Å². The summed E-state index contributed by atoms with van der Waals surface area (Å²) in [6.07, 6.45) is 4.26. The summed E-state index contributed by atoms with van der Waals surface area (Å²) in [6, 6.07) is 0.266. The molecule has 0 rings (SSSR count). The van der Waals surface area contributed by atoms with E-state index in [1.54, 1.807) is 6.92 Å². The zero-order valence-electron chi connectivity index (χ0n) is 12.6. The SMILES string of the molecule is CCCCCN(C)C(C)CC(C)(NCC)C(=O)O. The summed E-state index contributed by atoms with van der Waals surface area (Å²) in [5.74, 6) is -0.766. The number of unbranched alkanes of at least 4 members (excludes halogenated alkanes) is 2. The summed E-state index contributed by atoms with van der Waals surface area (Å²) in [4.78, 5) is 13.6. The minimum absolute atomic E-state index is 0.266. The number of nitrogens with zero attached hydrogens (tertiary/aromatic N) is 1. The Balaban J connectivity index is 4.32. The van der Waals surface area contributed by atoms with Crippen LogP contribution in [0, 0.1) is 0 Å². The molecule has 0 spiro atoms. The Morgan fingerprint density at radius 3 is 2.44 bits per heavy atom. The minimum atomic E-state index is -0.826. The summed E-state index contributed by atoms with van der Waals surface area (Å²) >= 11 is 0. The first kappa shape index (κ1) is 17.4. The van der Waals surface area contributed by atoms with Crippen LogP contribution in [-0.4, -0.2) is 47.7 Å². The van der Waals surface area contributed by atoms with Gasteiger partial charge in [-0.05, 0) is 46.8 Å². The molecular weight excluding hydrogens is 228 g/mol. The molecule has 0 amide bonds. The van der Waals surface area contributed by atoms with Crippen molar-refractivity contribution in [3.05, 3.63) is 0 Å². The highest BCUT2D eigenvalue weighted by atomic mass is 16.4. The third kappa shape index (κ3) is 5.83. The predicted molar refractivity (Wildman–Crippen MR) is 76.0 cm³/mol. The van der Waals surface area contributed by atoms with Gasteiger partial charge < -0.3 is 15.3 Å². The molecule has 2 N–H and O–H groups in total. The largest absolute Gasteiger partial charge is 0.480 e.